The van der Waals surface area contributed by atoms with Gasteiger partial charge in [-0.1, -0.05) is 22.0 Å². The predicted molar refractivity (Wildman–Crippen MR) is 77.1 cm³/mol. The van der Waals surface area contributed by atoms with Gasteiger partial charge in [-0.3, -0.25) is 0 Å². The average molecular weight is 335 g/mol. The predicted octanol–water partition coefficient (Wildman–Crippen LogP) is 2.07. The molecule has 0 aliphatic rings. The molecule has 1 rings (SSSR count). The summed E-state index contributed by atoms with van der Waals surface area (Å²) in [4.78, 5) is 2.37. The van der Waals surface area contributed by atoms with Crippen LogP contribution >= 0.6 is 15.9 Å². The Hall–Kier alpha value is -0.430. The molecule has 0 heterocycles. The third-order valence-corrected chi connectivity index (χ3v) is 4.70. The van der Waals surface area contributed by atoms with E-state index in [-0.39, 0.29) is 4.90 Å². The number of halogens is 1. The Morgan fingerprint density at radius 3 is 2.61 bits per heavy atom. The van der Waals surface area contributed by atoms with Crippen molar-refractivity contribution >= 4 is 26.0 Å². The molecule has 0 radical (unpaired) electrons. The SMILES string of the molecule is CC(C)N(C)CCNS(=O)(=O)c1cccc(Br)c1. The van der Waals surface area contributed by atoms with Crippen LogP contribution in [0, 0.1) is 0 Å². The molecule has 0 unspecified atom stereocenters. The monoisotopic (exact) mass is 334 g/mol. The maximum atomic E-state index is 12.0. The van der Waals surface area contributed by atoms with E-state index < -0.39 is 10.0 Å². The van der Waals surface area contributed by atoms with E-state index in [1.54, 1.807) is 24.3 Å². The van der Waals surface area contributed by atoms with Crippen molar-refractivity contribution in [1.29, 1.82) is 0 Å². The van der Waals surface area contributed by atoms with Crippen LogP contribution in [0.2, 0.25) is 0 Å². The van der Waals surface area contributed by atoms with Gasteiger partial charge in [0.05, 0.1) is 4.90 Å². The molecule has 0 amide bonds. The van der Waals surface area contributed by atoms with Crippen LogP contribution in [-0.4, -0.2) is 39.5 Å². The quantitative estimate of drug-likeness (QED) is 0.866. The molecule has 0 spiro atoms. The standard InChI is InChI=1S/C12H19BrN2O2S/c1-10(2)15(3)8-7-14-18(16,17)12-6-4-5-11(13)9-12/h4-6,9-10,14H,7-8H2,1-3H3. The van der Waals surface area contributed by atoms with Gasteiger partial charge in [-0.05, 0) is 39.1 Å². The molecule has 0 saturated carbocycles. The number of nitrogens with one attached hydrogen (secondary N) is 1. The molecule has 6 heteroatoms. The van der Waals surface area contributed by atoms with Gasteiger partial charge in [0.2, 0.25) is 10.0 Å². The van der Waals surface area contributed by atoms with Crippen LogP contribution < -0.4 is 4.72 Å². The average Bonchev–Trinajstić information content (AvgIpc) is 2.28. The smallest absolute Gasteiger partial charge is 0.240 e. The summed E-state index contributed by atoms with van der Waals surface area (Å²) in [6, 6.07) is 7.08. The highest BCUT2D eigenvalue weighted by molar-refractivity contribution is 9.10. The summed E-state index contributed by atoms with van der Waals surface area (Å²) in [6.45, 7) is 5.24. The van der Waals surface area contributed by atoms with Gasteiger partial charge in [0.1, 0.15) is 0 Å². The van der Waals surface area contributed by atoms with Crippen LogP contribution in [-0.2, 0) is 10.0 Å². The fourth-order valence-corrected chi connectivity index (χ4v) is 2.95. The maximum absolute atomic E-state index is 12.0. The van der Waals surface area contributed by atoms with E-state index in [4.69, 9.17) is 0 Å². The molecule has 1 aromatic rings. The number of rotatable bonds is 6. The number of benzene rings is 1. The van der Waals surface area contributed by atoms with Gasteiger partial charge in [0.15, 0.2) is 0 Å². The second-order valence-electron chi connectivity index (χ2n) is 4.43. The van der Waals surface area contributed by atoms with Gasteiger partial charge in [-0.25, -0.2) is 13.1 Å². The molecule has 18 heavy (non-hydrogen) atoms. The molecule has 0 bridgehead atoms. The second kappa shape index (κ2) is 6.65. The van der Waals surface area contributed by atoms with E-state index in [0.29, 0.717) is 19.1 Å². The summed E-state index contributed by atoms with van der Waals surface area (Å²) >= 11 is 3.26. The number of sulfonamides is 1. The Bertz CT molecular complexity index is 489. The van der Waals surface area contributed by atoms with E-state index in [2.05, 4.69) is 39.4 Å². The highest BCUT2D eigenvalue weighted by Gasteiger charge is 2.14. The number of hydrogen-bond donors (Lipinski definition) is 1. The van der Waals surface area contributed by atoms with E-state index >= 15 is 0 Å². The van der Waals surface area contributed by atoms with E-state index in [0.717, 1.165) is 4.47 Å². The molecule has 4 nitrogen and oxygen atoms in total. The van der Waals surface area contributed by atoms with Crippen molar-refractivity contribution < 1.29 is 8.42 Å². The maximum Gasteiger partial charge on any atom is 0.240 e. The minimum Gasteiger partial charge on any atom is -0.303 e. The molecule has 102 valence electrons. The van der Waals surface area contributed by atoms with Crippen LogP contribution in [0.5, 0.6) is 0 Å². The lowest BCUT2D eigenvalue weighted by Gasteiger charge is -2.20. The van der Waals surface area contributed by atoms with Crippen LogP contribution in [0.4, 0.5) is 0 Å². The Morgan fingerprint density at radius 2 is 2.06 bits per heavy atom. The lowest BCUT2D eigenvalue weighted by Crippen LogP contribution is -2.36. The Kier molecular flexibility index (Phi) is 5.78. The zero-order chi connectivity index (χ0) is 13.8. The van der Waals surface area contributed by atoms with Crippen LogP contribution in [0.15, 0.2) is 33.6 Å². The van der Waals surface area contributed by atoms with Crippen molar-refractivity contribution in [2.24, 2.45) is 0 Å². The lowest BCUT2D eigenvalue weighted by molar-refractivity contribution is 0.278. The van der Waals surface area contributed by atoms with E-state index in [9.17, 15) is 8.42 Å². The summed E-state index contributed by atoms with van der Waals surface area (Å²) in [5.74, 6) is 0. The van der Waals surface area contributed by atoms with Crippen LogP contribution in [0.25, 0.3) is 0 Å². The molecule has 1 aromatic carbocycles. The first-order valence-corrected chi connectivity index (χ1v) is 8.06. The van der Waals surface area contributed by atoms with Gasteiger partial charge in [0.25, 0.3) is 0 Å². The van der Waals surface area contributed by atoms with Crippen molar-refractivity contribution in [2.45, 2.75) is 24.8 Å². The molecule has 0 fully saturated rings. The van der Waals surface area contributed by atoms with E-state index in [1.165, 1.54) is 0 Å². The molecule has 0 aromatic heterocycles. The van der Waals surface area contributed by atoms with Gasteiger partial charge in [-0.2, -0.15) is 0 Å². The number of likely N-dealkylation sites (N-methyl/N-ethyl adjacent to an activating group) is 1. The van der Waals surface area contributed by atoms with Gasteiger partial charge in [0, 0.05) is 23.6 Å². The number of nitrogens with zero attached hydrogens (tertiary/aromatic N) is 1. The van der Waals surface area contributed by atoms with Crippen LogP contribution in [0.1, 0.15) is 13.8 Å². The molecule has 0 atom stereocenters. The van der Waals surface area contributed by atoms with Gasteiger partial charge < -0.3 is 4.90 Å². The summed E-state index contributed by atoms with van der Waals surface area (Å²) in [5, 5.41) is 0. The fraction of sp³-hybridized carbons (Fsp3) is 0.500. The fourth-order valence-electron chi connectivity index (χ4n) is 1.33. The minimum absolute atomic E-state index is 0.282. The van der Waals surface area contributed by atoms with Crippen LogP contribution in [0.3, 0.4) is 0 Å². The first-order valence-electron chi connectivity index (χ1n) is 5.78. The van der Waals surface area contributed by atoms with E-state index in [1.807, 2.05) is 7.05 Å². The zero-order valence-electron chi connectivity index (χ0n) is 10.9. The summed E-state index contributed by atoms with van der Waals surface area (Å²) in [5.41, 5.74) is 0. The molecule has 0 saturated heterocycles. The van der Waals surface area contributed by atoms with Crippen molar-refractivity contribution in [1.82, 2.24) is 9.62 Å². The second-order valence-corrected chi connectivity index (χ2v) is 7.11. The van der Waals surface area contributed by atoms with Gasteiger partial charge >= 0.3 is 0 Å². The Morgan fingerprint density at radius 1 is 1.39 bits per heavy atom. The normalized spacial score (nSPS) is 12.3. The first-order chi connectivity index (χ1) is 8.33. The third kappa shape index (κ3) is 4.68. The molecular formula is C12H19BrN2O2S. The highest BCUT2D eigenvalue weighted by atomic mass is 79.9. The van der Waals surface area contributed by atoms with Crippen molar-refractivity contribution in [3.8, 4) is 0 Å². The zero-order valence-corrected chi connectivity index (χ0v) is 13.3. The largest absolute Gasteiger partial charge is 0.303 e. The number of hydrogen-bond acceptors (Lipinski definition) is 3. The van der Waals surface area contributed by atoms with Crippen molar-refractivity contribution in [3.05, 3.63) is 28.7 Å². The molecule has 0 aliphatic heterocycles. The van der Waals surface area contributed by atoms with Crippen molar-refractivity contribution in [3.63, 3.8) is 0 Å². The summed E-state index contributed by atoms with van der Waals surface area (Å²) in [6.07, 6.45) is 0. The Balaban J connectivity index is 2.61. The summed E-state index contributed by atoms with van der Waals surface area (Å²) in [7, 11) is -1.44. The topological polar surface area (TPSA) is 49.4 Å². The third-order valence-electron chi connectivity index (χ3n) is 2.74. The lowest BCUT2D eigenvalue weighted by atomic mass is 10.3. The van der Waals surface area contributed by atoms with Crippen molar-refractivity contribution in [2.75, 3.05) is 20.1 Å². The van der Waals surface area contributed by atoms with Gasteiger partial charge in [-0.15, -0.1) is 0 Å². The highest BCUT2D eigenvalue weighted by Crippen LogP contribution is 2.15. The summed E-state index contributed by atoms with van der Waals surface area (Å²) < 4.78 is 27.3. The first kappa shape index (κ1) is 15.6. The molecule has 1 N–H and O–H groups in total. The minimum atomic E-state index is -3.41. The molecule has 0 aliphatic carbocycles. The Labute approximate surface area is 118 Å². The molecular weight excluding hydrogens is 316 g/mol.